The summed E-state index contributed by atoms with van der Waals surface area (Å²) in [5.74, 6) is -3.86. The number of hydrogen-bond donors (Lipinski definition) is 4. The number of piperidine rings is 1. The number of Topliss-reactive ketones (excluding diaryl/α,β-unsaturated/α-hetero) is 1. The van der Waals surface area contributed by atoms with Gasteiger partial charge in [0.1, 0.15) is 11.8 Å². The highest BCUT2D eigenvalue weighted by molar-refractivity contribution is 6.24. The maximum atomic E-state index is 15.7. The largest absolute Gasteiger partial charge is 0.493 e. The fourth-order valence-corrected chi connectivity index (χ4v) is 7.36. The second-order valence-electron chi connectivity index (χ2n) is 14.3. The molecule has 0 aliphatic carbocycles. The monoisotopic (exact) mass is 805 g/mol. The van der Waals surface area contributed by atoms with E-state index in [-0.39, 0.29) is 71.2 Å². The lowest BCUT2D eigenvalue weighted by atomic mass is 9.99. The standard InChI is InChI=1S/C42H40FN7O9/c1-23(52)33-19-30(39(55)46-31-17-24(22-51)16-29(38(31)43)26-20-45-48(2)21-26)34-18-27(12-14-49(33)34)59-15-5-9-35(53)44-13-4-7-25-6-3-8-28-37(25)42(58)50(41(28)57)32-10-11-36(54)47-40(32)56/h3,6,8,12,14,16-21,32,51H,4-5,7,9-11,13,15,22H2,1-2H3,(H,44,53)(H,46,55)(H,47,54,56). The molecule has 7 rings (SSSR count). The van der Waals surface area contributed by atoms with E-state index in [0.29, 0.717) is 53.8 Å². The van der Waals surface area contributed by atoms with E-state index in [1.165, 1.54) is 46.5 Å². The zero-order valence-corrected chi connectivity index (χ0v) is 32.2. The molecule has 2 aromatic carbocycles. The number of nitrogens with one attached hydrogen (secondary N) is 3. The number of aliphatic hydroxyl groups excluding tert-OH is 1. The zero-order chi connectivity index (χ0) is 42.0. The summed E-state index contributed by atoms with van der Waals surface area (Å²) in [4.78, 5) is 90.2. The van der Waals surface area contributed by atoms with Crippen molar-refractivity contribution in [2.75, 3.05) is 18.5 Å². The van der Waals surface area contributed by atoms with Crippen molar-refractivity contribution in [1.82, 2.24) is 29.7 Å². The van der Waals surface area contributed by atoms with Crippen molar-refractivity contribution in [3.8, 4) is 16.9 Å². The number of hydrogen-bond acceptors (Lipinski definition) is 10. The van der Waals surface area contributed by atoms with Crippen molar-refractivity contribution >= 4 is 52.4 Å². The number of carbonyl (C=O) groups excluding carboxylic acids is 7. The molecule has 59 heavy (non-hydrogen) atoms. The van der Waals surface area contributed by atoms with E-state index in [1.807, 2.05) is 0 Å². The molecule has 1 atom stereocenters. The SMILES string of the molecule is CC(=O)c1cc(C(=O)Nc2cc(CO)cc(-c3cnn(C)c3)c2F)c2cc(OCCCC(=O)NCCCc3cccc4c3C(=O)N(C3CCC(=O)NC3=O)C4=O)ccn12. The van der Waals surface area contributed by atoms with Gasteiger partial charge in [-0.05, 0) is 67.1 Å². The molecule has 16 nitrogen and oxygen atoms in total. The molecule has 0 spiro atoms. The lowest BCUT2D eigenvalue weighted by Crippen LogP contribution is -2.54. The maximum Gasteiger partial charge on any atom is 0.262 e. The first-order chi connectivity index (χ1) is 28.3. The van der Waals surface area contributed by atoms with E-state index in [2.05, 4.69) is 21.0 Å². The van der Waals surface area contributed by atoms with Gasteiger partial charge in [-0.25, -0.2) is 4.39 Å². The molecular weight excluding hydrogens is 765 g/mol. The van der Waals surface area contributed by atoms with Crippen LogP contribution in [0.4, 0.5) is 10.1 Å². The van der Waals surface area contributed by atoms with Gasteiger partial charge >= 0.3 is 0 Å². The summed E-state index contributed by atoms with van der Waals surface area (Å²) in [5.41, 5.74) is 2.48. The molecule has 3 aromatic heterocycles. The number of aromatic nitrogens is 3. The van der Waals surface area contributed by atoms with Crippen LogP contribution in [0.25, 0.3) is 16.6 Å². The van der Waals surface area contributed by atoms with Crippen LogP contribution in [-0.2, 0) is 34.5 Å². The number of imide groups is 2. The van der Waals surface area contributed by atoms with Crippen molar-refractivity contribution in [2.24, 2.45) is 7.05 Å². The number of pyridine rings is 1. The molecule has 304 valence electrons. The number of benzene rings is 2. The van der Waals surface area contributed by atoms with Gasteiger partial charge in [0.2, 0.25) is 17.7 Å². The number of carbonyl (C=O) groups is 7. The van der Waals surface area contributed by atoms with Crippen LogP contribution < -0.4 is 20.7 Å². The van der Waals surface area contributed by atoms with Crippen LogP contribution in [0.3, 0.4) is 0 Å². The van der Waals surface area contributed by atoms with Gasteiger partial charge < -0.3 is 24.9 Å². The van der Waals surface area contributed by atoms with Crippen molar-refractivity contribution < 1.29 is 47.8 Å². The average Bonchev–Trinajstić information content (AvgIpc) is 3.89. The van der Waals surface area contributed by atoms with Crippen LogP contribution in [-0.4, -0.2) is 84.6 Å². The number of anilines is 1. The summed E-state index contributed by atoms with van der Waals surface area (Å²) in [7, 11) is 1.68. The Labute approximate surface area is 336 Å². The summed E-state index contributed by atoms with van der Waals surface area (Å²) in [6, 6.07) is 11.3. The molecule has 2 aliphatic heterocycles. The highest BCUT2D eigenvalue weighted by atomic mass is 19.1. The van der Waals surface area contributed by atoms with Crippen molar-refractivity contribution in [1.29, 1.82) is 0 Å². The third-order valence-corrected chi connectivity index (χ3v) is 10.2. The molecular formula is C42H40FN7O9. The summed E-state index contributed by atoms with van der Waals surface area (Å²) in [6.45, 7) is 1.41. The second-order valence-corrected chi connectivity index (χ2v) is 14.3. The average molecular weight is 806 g/mol. The third kappa shape index (κ3) is 8.22. The highest BCUT2D eigenvalue weighted by Crippen LogP contribution is 2.32. The Hall–Kier alpha value is -7.01. The first-order valence-electron chi connectivity index (χ1n) is 19.0. The molecule has 5 heterocycles. The third-order valence-electron chi connectivity index (χ3n) is 10.2. The molecule has 0 bridgehead atoms. The van der Waals surface area contributed by atoms with Crippen LogP contribution in [0.5, 0.6) is 5.75 Å². The Bertz CT molecular complexity index is 2560. The van der Waals surface area contributed by atoms with Crippen LogP contribution in [0.2, 0.25) is 0 Å². The minimum atomic E-state index is -1.06. The van der Waals surface area contributed by atoms with E-state index in [4.69, 9.17) is 4.74 Å². The number of aliphatic hydroxyl groups is 1. The minimum absolute atomic E-state index is 0.0275. The van der Waals surface area contributed by atoms with E-state index in [0.717, 1.165) is 4.90 Å². The molecule has 1 fully saturated rings. The fraction of sp³-hybridized carbons (Fsp3) is 0.286. The van der Waals surface area contributed by atoms with E-state index < -0.39 is 48.0 Å². The van der Waals surface area contributed by atoms with Gasteiger partial charge in [-0.3, -0.25) is 48.5 Å². The van der Waals surface area contributed by atoms with Crippen molar-refractivity contribution in [3.05, 3.63) is 106 Å². The molecule has 0 radical (unpaired) electrons. The number of fused-ring (bicyclic) bond motifs is 2. The first kappa shape index (κ1) is 40.2. The summed E-state index contributed by atoms with van der Waals surface area (Å²) in [5, 5.41) is 21.6. The number of amides is 6. The van der Waals surface area contributed by atoms with Gasteiger partial charge in [0.15, 0.2) is 11.6 Å². The molecule has 1 saturated heterocycles. The molecule has 6 amide bonds. The predicted octanol–water partition coefficient (Wildman–Crippen LogP) is 3.74. The van der Waals surface area contributed by atoms with Crippen LogP contribution in [0.1, 0.15) is 91.7 Å². The Balaban J connectivity index is 0.930. The maximum absolute atomic E-state index is 15.7. The topological polar surface area (TPSA) is 211 Å². The number of rotatable bonds is 15. The Kier molecular flexibility index (Phi) is 11.5. The van der Waals surface area contributed by atoms with Gasteiger partial charge in [0.25, 0.3) is 17.7 Å². The number of aryl methyl sites for hydroxylation is 2. The van der Waals surface area contributed by atoms with Gasteiger partial charge in [-0.15, -0.1) is 0 Å². The molecule has 2 aliphatic rings. The number of halogens is 1. The van der Waals surface area contributed by atoms with Crippen molar-refractivity contribution in [3.63, 3.8) is 0 Å². The van der Waals surface area contributed by atoms with Crippen LogP contribution in [0.15, 0.2) is 67.1 Å². The molecule has 0 saturated carbocycles. The molecule has 5 aromatic rings. The van der Waals surface area contributed by atoms with Gasteiger partial charge in [-0.2, -0.15) is 5.10 Å². The first-order valence-corrected chi connectivity index (χ1v) is 19.0. The number of ether oxygens (including phenoxy) is 1. The number of ketones is 1. The fourth-order valence-electron chi connectivity index (χ4n) is 7.36. The Morgan fingerprint density at radius 3 is 2.58 bits per heavy atom. The zero-order valence-electron chi connectivity index (χ0n) is 32.2. The van der Waals surface area contributed by atoms with Crippen LogP contribution >= 0.6 is 0 Å². The molecule has 1 unspecified atom stereocenters. The normalized spacial score (nSPS) is 15.1. The van der Waals surface area contributed by atoms with Crippen molar-refractivity contribution in [2.45, 2.75) is 58.1 Å². The number of nitrogens with zero attached hydrogens (tertiary/aromatic N) is 4. The van der Waals surface area contributed by atoms with Crippen LogP contribution in [0, 0.1) is 5.82 Å². The van der Waals surface area contributed by atoms with Gasteiger partial charge in [0.05, 0.1) is 53.0 Å². The predicted molar refractivity (Wildman–Crippen MR) is 209 cm³/mol. The summed E-state index contributed by atoms with van der Waals surface area (Å²) in [6.07, 6.45) is 6.10. The van der Waals surface area contributed by atoms with E-state index in [9.17, 15) is 38.7 Å². The van der Waals surface area contributed by atoms with Gasteiger partial charge in [0, 0.05) is 62.9 Å². The Morgan fingerprint density at radius 1 is 1.03 bits per heavy atom. The quantitative estimate of drug-likeness (QED) is 0.0684. The second kappa shape index (κ2) is 16.8. The summed E-state index contributed by atoms with van der Waals surface area (Å²) >= 11 is 0. The summed E-state index contributed by atoms with van der Waals surface area (Å²) < 4.78 is 24.7. The highest BCUT2D eigenvalue weighted by Gasteiger charge is 2.45. The van der Waals surface area contributed by atoms with E-state index >= 15 is 4.39 Å². The van der Waals surface area contributed by atoms with E-state index in [1.54, 1.807) is 43.7 Å². The van der Waals surface area contributed by atoms with Gasteiger partial charge in [-0.1, -0.05) is 12.1 Å². The molecule has 4 N–H and O–H groups in total. The lowest BCUT2D eigenvalue weighted by Gasteiger charge is -2.27. The minimum Gasteiger partial charge on any atom is -0.493 e. The molecule has 17 heteroatoms. The lowest BCUT2D eigenvalue weighted by molar-refractivity contribution is -0.136. The Morgan fingerprint density at radius 2 is 1.85 bits per heavy atom. The smallest absolute Gasteiger partial charge is 0.262 e.